The van der Waals surface area contributed by atoms with Gasteiger partial charge in [0, 0.05) is 0 Å². The van der Waals surface area contributed by atoms with Gasteiger partial charge in [-0.15, -0.1) is 0 Å². The molecule has 0 amide bonds. The Morgan fingerprint density at radius 2 is 2.24 bits per heavy atom. The Bertz CT molecular complexity index is 390. The van der Waals surface area contributed by atoms with E-state index in [1.807, 2.05) is 19.1 Å². The normalized spacial score (nSPS) is 12.2. The quantitative estimate of drug-likeness (QED) is 0.790. The maximum absolute atomic E-state index is 10.6. The molecule has 0 radical (unpaired) electrons. The van der Waals surface area contributed by atoms with Gasteiger partial charge in [0.15, 0.2) is 0 Å². The molecule has 0 bridgehead atoms. The number of benzene rings is 1. The van der Waals surface area contributed by atoms with Crippen molar-refractivity contribution >= 4 is 5.97 Å². The second-order valence-electron chi connectivity index (χ2n) is 4.15. The average molecular weight is 237 g/mol. The lowest BCUT2D eigenvalue weighted by Crippen LogP contribution is -2.29. The number of hydrogen-bond acceptors (Lipinski definition) is 3. The van der Waals surface area contributed by atoms with Gasteiger partial charge in [-0.2, -0.15) is 0 Å². The van der Waals surface area contributed by atoms with Crippen molar-refractivity contribution in [1.29, 1.82) is 0 Å². The summed E-state index contributed by atoms with van der Waals surface area (Å²) in [5, 5.41) is 8.67. The van der Waals surface area contributed by atoms with Gasteiger partial charge in [0.05, 0.1) is 7.11 Å². The molecular weight excluding hydrogens is 218 g/mol. The maximum atomic E-state index is 10.6. The largest absolute Gasteiger partial charge is 0.496 e. The van der Waals surface area contributed by atoms with E-state index < -0.39 is 12.0 Å². The minimum Gasteiger partial charge on any atom is -0.496 e. The van der Waals surface area contributed by atoms with E-state index >= 15 is 0 Å². The number of carbonyl (C=O) groups is 1. The first kappa shape index (κ1) is 13.5. The lowest BCUT2D eigenvalue weighted by Gasteiger charge is -2.10. The second-order valence-corrected chi connectivity index (χ2v) is 4.15. The maximum Gasteiger partial charge on any atom is 0.320 e. The van der Waals surface area contributed by atoms with Crippen LogP contribution in [0.15, 0.2) is 18.2 Å². The first-order valence-electron chi connectivity index (χ1n) is 5.66. The lowest BCUT2D eigenvalue weighted by molar-refractivity contribution is -0.138. The number of nitrogens with two attached hydrogens (primary N) is 1. The molecule has 1 rings (SSSR count). The summed E-state index contributed by atoms with van der Waals surface area (Å²) in [4.78, 5) is 10.6. The number of hydrogen-bond donors (Lipinski definition) is 2. The molecule has 3 N–H and O–H groups in total. The highest BCUT2D eigenvalue weighted by molar-refractivity contribution is 5.72. The Hall–Kier alpha value is -1.55. The Balaban J connectivity index is 2.56. The molecule has 17 heavy (non-hydrogen) atoms. The van der Waals surface area contributed by atoms with Crippen LogP contribution in [0, 0.1) is 6.92 Å². The Kier molecular flexibility index (Phi) is 4.97. The predicted octanol–water partition coefficient (Wildman–Crippen LogP) is 1.74. The summed E-state index contributed by atoms with van der Waals surface area (Å²) in [7, 11) is 1.64. The number of aliphatic carboxylic acids is 1. The molecule has 0 aliphatic rings. The van der Waals surface area contributed by atoms with Crippen LogP contribution in [0.4, 0.5) is 0 Å². The van der Waals surface area contributed by atoms with Crippen LogP contribution < -0.4 is 10.5 Å². The van der Waals surface area contributed by atoms with E-state index in [1.54, 1.807) is 7.11 Å². The first-order valence-corrected chi connectivity index (χ1v) is 5.66. The van der Waals surface area contributed by atoms with Crippen LogP contribution in [-0.4, -0.2) is 24.2 Å². The van der Waals surface area contributed by atoms with Gasteiger partial charge >= 0.3 is 5.97 Å². The van der Waals surface area contributed by atoms with E-state index in [0.29, 0.717) is 6.42 Å². The van der Waals surface area contributed by atoms with Crippen molar-refractivity contribution in [3.05, 3.63) is 29.3 Å². The van der Waals surface area contributed by atoms with E-state index in [2.05, 4.69) is 6.07 Å². The minimum absolute atomic E-state index is 0.479. The van der Waals surface area contributed by atoms with Crippen molar-refractivity contribution in [2.75, 3.05) is 7.11 Å². The number of methoxy groups -OCH3 is 1. The fourth-order valence-electron chi connectivity index (χ4n) is 1.74. The molecule has 94 valence electrons. The van der Waals surface area contributed by atoms with E-state index in [0.717, 1.165) is 24.2 Å². The molecule has 4 heteroatoms. The van der Waals surface area contributed by atoms with Gasteiger partial charge in [0.1, 0.15) is 11.8 Å². The van der Waals surface area contributed by atoms with Gasteiger partial charge in [0.25, 0.3) is 0 Å². The van der Waals surface area contributed by atoms with Crippen molar-refractivity contribution in [1.82, 2.24) is 0 Å². The standard InChI is InChI=1S/C13H19NO3/c1-9-6-7-12(17-2)10(8-9)4-3-5-11(14)13(15)16/h6-8,11H,3-5,14H2,1-2H3,(H,15,16). The van der Waals surface area contributed by atoms with Gasteiger partial charge < -0.3 is 15.6 Å². The highest BCUT2D eigenvalue weighted by Gasteiger charge is 2.11. The van der Waals surface area contributed by atoms with E-state index in [-0.39, 0.29) is 0 Å². The van der Waals surface area contributed by atoms with Crippen LogP contribution >= 0.6 is 0 Å². The highest BCUT2D eigenvalue weighted by atomic mass is 16.5. The number of ether oxygens (including phenoxy) is 1. The summed E-state index contributed by atoms with van der Waals surface area (Å²) in [6, 6.07) is 5.21. The second kappa shape index (κ2) is 6.25. The van der Waals surface area contributed by atoms with Crippen LogP contribution in [0.25, 0.3) is 0 Å². The minimum atomic E-state index is -0.943. The van der Waals surface area contributed by atoms with Gasteiger partial charge in [-0.1, -0.05) is 17.7 Å². The van der Waals surface area contributed by atoms with Crippen molar-refractivity contribution in [2.45, 2.75) is 32.2 Å². The molecule has 0 spiro atoms. The third kappa shape index (κ3) is 4.07. The summed E-state index contributed by atoms with van der Waals surface area (Å²) in [6.07, 6.45) is 2.01. The summed E-state index contributed by atoms with van der Waals surface area (Å²) in [6.45, 7) is 2.02. The Labute approximate surface area is 101 Å². The number of carboxylic acids is 1. The average Bonchev–Trinajstić information content (AvgIpc) is 2.29. The summed E-state index contributed by atoms with van der Waals surface area (Å²) < 4.78 is 5.26. The zero-order valence-electron chi connectivity index (χ0n) is 10.3. The Morgan fingerprint density at radius 1 is 1.53 bits per heavy atom. The summed E-state index contributed by atoms with van der Waals surface area (Å²) in [5.41, 5.74) is 7.72. The highest BCUT2D eigenvalue weighted by Crippen LogP contribution is 2.21. The molecule has 0 saturated heterocycles. The molecule has 0 saturated carbocycles. The van der Waals surface area contributed by atoms with Crippen LogP contribution in [0.1, 0.15) is 24.0 Å². The van der Waals surface area contributed by atoms with E-state index in [1.165, 1.54) is 5.56 Å². The smallest absolute Gasteiger partial charge is 0.320 e. The molecule has 0 fully saturated rings. The molecule has 1 aromatic rings. The molecule has 1 unspecified atom stereocenters. The van der Waals surface area contributed by atoms with Gasteiger partial charge in [-0.05, 0) is 37.8 Å². The number of rotatable bonds is 6. The van der Waals surface area contributed by atoms with Crippen LogP contribution in [0.3, 0.4) is 0 Å². The number of carboxylic acid groups (broad SMARTS) is 1. The van der Waals surface area contributed by atoms with Gasteiger partial charge in [-0.25, -0.2) is 0 Å². The summed E-state index contributed by atoms with van der Waals surface area (Å²) >= 11 is 0. The van der Waals surface area contributed by atoms with Crippen LogP contribution in [0.2, 0.25) is 0 Å². The van der Waals surface area contributed by atoms with Gasteiger partial charge in [-0.3, -0.25) is 4.79 Å². The van der Waals surface area contributed by atoms with E-state index in [4.69, 9.17) is 15.6 Å². The van der Waals surface area contributed by atoms with E-state index in [9.17, 15) is 4.79 Å². The van der Waals surface area contributed by atoms with Gasteiger partial charge in [0.2, 0.25) is 0 Å². The van der Waals surface area contributed by atoms with Crippen molar-refractivity contribution in [3.63, 3.8) is 0 Å². The molecule has 1 atom stereocenters. The van der Waals surface area contributed by atoms with Crippen molar-refractivity contribution in [2.24, 2.45) is 5.73 Å². The van der Waals surface area contributed by atoms with Crippen LogP contribution in [0.5, 0.6) is 5.75 Å². The summed E-state index contributed by atoms with van der Waals surface area (Å²) in [5.74, 6) is -0.0966. The topological polar surface area (TPSA) is 72.5 Å². The van der Waals surface area contributed by atoms with Crippen molar-refractivity contribution in [3.8, 4) is 5.75 Å². The van der Waals surface area contributed by atoms with Crippen molar-refractivity contribution < 1.29 is 14.6 Å². The van der Waals surface area contributed by atoms with Crippen LogP contribution in [-0.2, 0) is 11.2 Å². The molecule has 0 aliphatic carbocycles. The zero-order valence-corrected chi connectivity index (χ0v) is 10.3. The Morgan fingerprint density at radius 3 is 2.82 bits per heavy atom. The molecule has 0 aliphatic heterocycles. The first-order chi connectivity index (χ1) is 8.04. The molecule has 4 nitrogen and oxygen atoms in total. The fraction of sp³-hybridized carbons (Fsp3) is 0.462. The fourth-order valence-corrected chi connectivity index (χ4v) is 1.74. The molecular formula is C13H19NO3. The molecule has 0 heterocycles. The number of aryl methyl sites for hydroxylation is 2. The molecule has 1 aromatic carbocycles. The lowest BCUT2D eigenvalue weighted by atomic mass is 10.0. The SMILES string of the molecule is COc1ccc(C)cc1CCCC(N)C(=O)O. The third-order valence-electron chi connectivity index (χ3n) is 2.71. The zero-order chi connectivity index (χ0) is 12.8. The molecule has 0 aromatic heterocycles. The predicted molar refractivity (Wildman–Crippen MR) is 66.3 cm³/mol. The monoisotopic (exact) mass is 237 g/mol. The third-order valence-corrected chi connectivity index (χ3v) is 2.71.